The zero-order valence-electron chi connectivity index (χ0n) is 11.8. The van der Waals surface area contributed by atoms with Crippen molar-refractivity contribution in [2.75, 3.05) is 11.6 Å². The van der Waals surface area contributed by atoms with Gasteiger partial charge in [0, 0.05) is 4.90 Å². The first-order valence-corrected chi connectivity index (χ1v) is 8.90. The van der Waals surface area contributed by atoms with Crippen molar-refractivity contribution in [1.29, 1.82) is 0 Å². The van der Waals surface area contributed by atoms with Gasteiger partial charge in [-0.15, -0.1) is 23.1 Å². The van der Waals surface area contributed by atoms with Crippen molar-refractivity contribution in [3.8, 4) is 0 Å². The van der Waals surface area contributed by atoms with Crippen LogP contribution in [0.2, 0.25) is 0 Å². The van der Waals surface area contributed by atoms with Crippen molar-refractivity contribution in [2.45, 2.75) is 10.9 Å². The topological polar surface area (TPSA) is 55.6 Å². The van der Waals surface area contributed by atoms with Crippen LogP contribution in [0.25, 0.3) is 5.70 Å². The first-order chi connectivity index (χ1) is 10.8. The van der Waals surface area contributed by atoms with Gasteiger partial charge in [0.25, 0.3) is 0 Å². The number of tetrazole rings is 1. The van der Waals surface area contributed by atoms with Crippen LogP contribution in [0.5, 0.6) is 0 Å². The van der Waals surface area contributed by atoms with E-state index in [1.54, 1.807) is 23.1 Å². The summed E-state index contributed by atoms with van der Waals surface area (Å²) in [7, 11) is 0. The van der Waals surface area contributed by atoms with Gasteiger partial charge in [0.2, 0.25) is 5.95 Å². The van der Waals surface area contributed by atoms with E-state index in [0.29, 0.717) is 5.95 Å². The molecular weight excluding hydrogens is 314 g/mol. The van der Waals surface area contributed by atoms with E-state index in [9.17, 15) is 0 Å². The first kappa shape index (κ1) is 13.5. The van der Waals surface area contributed by atoms with Crippen LogP contribution in [-0.4, -0.2) is 26.5 Å². The van der Waals surface area contributed by atoms with Gasteiger partial charge in [0.15, 0.2) is 0 Å². The average molecular weight is 327 g/mol. The van der Waals surface area contributed by atoms with E-state index < -0.39 is 0 Å². The van der Waals surface area contributed by atoms with Crippen molar-refractivity contribution in [3.05, 3.63) is 58.3 Å². The Morgan fingerprint density at radius 2 is 2.09 bits per heavy atom. The molecule has 0 bridgehead atoms. The fourth-order valence-corrected chi connectivity index (χ4v) is 3.58. The van der Waals surface area contributed by atoms with E-state index in [1.807, 2.05) is 10.7 Å². The van der Waals surface area contributed by atoms with E-state index in [2.05, 4.69) is 68.9 Å². The molecule has 0 radical (unpaired) electrons. The molecule has 0 saturated heterocycles. The van der Waals surface area contributed by atoms with E-state index in [-0.39, 0.29) is 6.04 Å². The molecule has 110 valence electrons. The van der Waals surface area contributed by atoms with Crippen LogP contribution >= 0.6 is 23.1 Å². The quantitative estimate of drug-likeness (QED) is 0.746. The van der Waals surface area contributed by atoms with Crippen molar-refractivity contribution in [1.82, 2.24) is 20.2 Å². The Hall–Kier alpha value is -2.12. The maximum atomic E-state index is 4.12. The summed E-state index contributed by atoms with van der Waals surface area (Å²) < 4.78 is 1.81. The van der Waals surface area contributed by atoms with Crippen LogP contribution in [0, 0.1) is 0 Å². The van der Waals surface area contributed by atoms with Crippen LogP contribution in [0.1, 0.15) is 16.5 Å². The molecule has 0 saturated carbocycles. The van der Waals surface area contributed by atoms with Gasteiger partial charge in [0.05, 0.1) is 10.6 Å². The molecule has 1 N–H and O–H groups in total. The Morgan fingerprint density at radius 1 is 1.23 bits per heavy atom. The third-order valence-electron chi connectivity index (χ3n) is 3.57. The minimum absolute atomic E-state index is 0.000689. The molecule has 2 aromatic heterocycles. The SMILES string of the molecule is CSc1ccc([C@@H]2C=C(c3cccs3)Nc3nnnn32)cc1. The van der Waals surface area contributed by atoms with Gasteiger partial charge in [-0.3, -0.25) is 0 Å². The first-order valence-electron chi connectivity index (χ1n) is 6.80. The van der Waals surface area contributed by atoms with E-state index in [0.717, 1.165) is 5.70 Å². The van der Waals surface area contributed by atoms with Crippen molar-refractivity contribution in [3.63, 3.8) is 0 Å². The maximum Gasteiger partial charge on any atom is 0.248 e. The molecular formula is C15H13N5S2. The second kappa shape index (κ2) is 5.58. The third kappa shape index (κ3) is 2.32. The van der Waals surface area contributed by atoms with E-state index >= 15 is 0 Å². The normalized spacial score (nSPS) is 16.8. The number of anilines is 1. The lowest BCUT2D eigenvalue weighted by Gasteiger charge is -2.22. The van der Waals surface area contributed by atoms with Gasteiger partial charge >= 0.3 is 0 Å². The number of hydrogen-bond acceptors (Lipinski definition) is 6. The third-order valence-corrected chi connectivity index (χ3v) is 5.22. The summed E-state index contributed by atoms with van der Waals surface area (Å²) in [4.78, 5) is 2.43. The Morgan fingerprint density at radius 3 is 2.82 bits per heavy atom. The van der Waals surface area contributed by atoms with Gasteiger partial charge < -0.3 is 5.32 Å². The summed E-state index contributed by atoms with van der Waals surface area (Å²) in [5.41, 5.74) is 2.22. The van der Waals surface area contributed by atoms with Crippen LogP contribution in [0.4, 0.5) is 5.95 Å². The average Bonchev–Trinajstić information content (AvgIpc) is 3.25. The smallest absolute Gasteiger partial charge is 0.248 e. The molecule has 0 amide bonds. The Bertz CT molecular complexity index is 805. The predicted octanol–water partition coefficient (Wildman–Crippen LogP) is 3.51. The summed E-state index contributed by atoms with van der Waals surface area (Å²) in [5, 5.41) is 17.4. The molecule has 1 aliphatic rings. The summed E-state index contributed by atoms with van der Waals surface area (Å²) in [6, 6.07) is 12.7. The lowest BCUT2D eigenvalue weighted by atomic mass is 10.0. The molecule has 4 rings (SSSR count). The lowest BCUT2D eigenvalue weighted by molar-refractivity contribution is 0.585. The van der Waals surface area contributed by atoms with Gasteiger partial charge in [-0.25, -0.2) is 0 Å². The summed E-state index contributed by atoms with van der Waals surface area (Å²) in [6.07, 6.45) is 4.25. The molecule has 0 spiro atoms. The Balaban J connectivity index is 1.78. The molecule has 3 aromatic rings. The molecule has 0 unspecified atom stereocenters. The Labute approximate surface area is 136 Å². The van der Waals surface area contributed by atoms with Crippen molar-refractivity contribution in [2.24, 2.45) is 0 Å². The highest BCUT2D eigenvalue weighted by molar-refractivity contribution is 7.98. The molecule has 7 heteroatoms. The van der Waals surface area contributed by atoms with Crippen molar-refractivity contribution < 1.29 is 0 Å². The molecule has 1 aromatic carbocycles. The van der Waals surface area contributed by atoms with Crippen LogP contribution in [0.15, 0.2) is 52.7 Å². The number of aromatic nitrogens is 4. The number of hydrogen-bond donors (Lipinski definition) is 1. The summed E-state index contributed by atoms with van der Waals surface area (Å²) >= 11 is 3.43. The number of thioether (sulfide) groups is 1. The standard InChI is InChI=1S/C15H13N5S2/c1-21-11-6-4-10(5-7-11)13-9-12(14-3-2-8-22-14)16-15-17-18-19-20(13)15/h2-9,13H,1H3,(H,16,17,19)/t13-/m0/s1. The molecule has 0 aliphatic carbocycles. The zero-order valence-corrected chi connectivity index (χ0v) is 13.4. The second-order valence-corrected chi connectivity index (χ2v) is 6.68. The van der Waals surface area contributed by atoms with Gasteiger partial charge in [0.1, 0.15) is 6.04 Å². The summed E-state index contributed by atoms with van der Waals surface area (Å²) in [6.45, 7) is 0. The number of rotatable bonds is 3. The maximum absolute atomic E-state index is 4.12. The van der Waals surface area contributed by atoms with Gasteiger partial charge in [-0.1, -0.05) is 23.3 Å². The monoisotopic (exact) mass is 327 g/mol. The zero-order chi connectivity index (χ0) is 14.9. The van der Waals surface area contributed by atoms with Gasteiger partial charge in [-0.05, 0) is 51.9 Å². The Kier molecular flexibility index (Phi) is 3.44. The van der Waals surface area contributed by atoms with Crippen LogP contribution in [0.3, 0.4) is 0 Å². The molecule has 1 aliphatic heterocycles. The number of nitrogens with one attached hydrogen (secondary N) is 1. The molecule has 3 heterocycles. The van der Waals surface area contributed by atoms with E-state index in [1.165, 1.54) is 15.3 Å². The summed E-state index contributed by atoms with van der Waals surface area (Å²) in [5.74, 6) is 0.671. The predicted molar refractivity (Wildman–Crippen MR) is 90.1 cm³/mol. The molecule has 1 atom stereocenters. The number of allylic oxidation sites excluding steroid dienone is 1. The molecule has 5 nitrogen and oxygen atoms in total. The fraction of sp³-hybridized carbons (Fsp3) is 0.133. The highest BCUT2D eigenvalue weighted by Gasteiger charge is 2.24. The minimum Gasteiger partial charge on any atom is -0.322 e. The van der Waals surface area contributed by atoms with Gasteiger partial charge in [-0.2, -0.15) is 4.68 Å². The highest BCUT2D eigenvalue weighted by atomic mass is 32.2. The lowest BCUT2D eigenvalue weighted by Crippen LogP contribution is -2.19. The second-order valence-electron chi connectivity index (χ2n) is 4.85. The molecule has 0 fully saturated rings. The highest BCUT2D eigenvalue weighted by Crippen LogP contribution is 2.33. The van der Waals surface area contributed by atoms with E-state index in [4.69, 9.17) is 0 Å². The number of thiophene rings is 1. The number of fused-ring (bicyclic) bond motifs is 1. The van der Waals surface area contributed by atoms with Crippen LogP contribution in [-0.2, 0) is 0 Å². The molecule has 22 heavy (non-hydrogen) atoms. The van der Waals surface area contributed by atoms with Crippen molar-refractivity contribution >= 4 is 34.7 Å². The largest absolute Gasteiger partial charge is 0.322 e. The van der Waals surface area contributed by atoms with Crippen LogP contribution < -0.4 is 5.32 Å². The minimum atomic E-state index is -0.000689. The number of nitrogens with zero attached hydrogens (tertiary/aromatic N) is 4. The fourth-order valence-electron chi connectivity index (χ4n) is 2.47. The number of benzene rings is 1.